The Kier molecular flexibility index (Phi) is 4.04. The molecule has 1 heterocycles. The molecule has 2 rings (SSSR count). The summed E-state index contributed by atoms with van der Waals surface area (Å²) < 4.78 is 7.99. The van der Waals surface area contributed by atoms with Crippen molar-refractivity contribution in [2.75, 3.05) is 13.7 Å². The van der Waals surface area contributed by atoms with E-state index in [1.54, 1.807) is 7.11 Å². The minimum atomic E-state index is 0.0966. The van der Waals surface area contributed by atoms with Crippen LogP contribution in [0.15, 0.2) is 28.9 Å². The number of benzene rings is 1. The van der Waals surface area contributed by atoms with E-state index in [1.165, 1.54) is 0 Å². The summed E-state index contributed by atoms with van der Waals surface area (Å²) in [5, 5.41) is 9.00. The highest BCUT2D eigenvalue weighted by Gasteiger charge is 2.13. The molecule has 0 radical (unpaired) electrons. The first-order valence-electron chi connectivity index (χ1n) is 5.63. The summed E-state index contributed by atoms with van der Waals surface area (Å²) in [6.45, 7) is 0.0966. The molecule has 1 aromatic heterocycles. The molecular weight excluding hydrogens is 296 g/mol. The van der Waals surface area contributed by atoms with Crippen molar-refractivity contribution in [3.8, 4) is 17.0 Å². The summed E-state index contributed by atoms with van der Waals surface area (Å²) in [6, 6.07) is 7.74. The maximum Gasteiger partial charge on any atom is 0.118 e. The van der Waals surface area contributed by atoms with Gasteiger partial charge in [-0.25, -0.2) is 4.98 Å². The highest BCUT2D eigenvalue weighted by Crippen LogP contribution is 2.29. The number of aliphatic hydroxyl groups excluding tert-OH is 1. The van der Waals surface area contributed by atoms with Crippen LogP contribution in [0, 0.1) is 0 Å². The SMILES string of the molecule is COc1ccc(-c2nc(CCO)n(C)c2Br)cc1. The molecule has 0 aliphatic rings. The van der Waals surface area contributed by atoms with Gasteiger partial charge < -0.3 is 14.4 Å². The quantitative estimate of drug-likeness (QED) is 0.943. The molecule has 0 bridgehead atoms. The van der Waals surface area contributed by atoms with Gasteiger partial charge in [0.05, 0.1) is 13.7 Å². The fraction of sp³-hybridized carbons (Fsp3) is 0.308. The van der Waals surface area contributed by atoms with Crippen molar-refractivity contribution in [1.29, 1.82) is 0 Å². The van der Waals surface area contributed by atoms with E-state index >= 15 is 0 Å². The molecule has 0 atom stereocenters. The van der Waals surface area contributed by atoms with Gasteiger partial charge in [0, 0.05) is 19.0 Å². The van der Waals surface area contributed by atoms with Crippen molar-refractivity contribution in [1.82, 2.24) is 9.55 Å². The van der Waals surface area contributed by atoms with Gasteiger partial charge in [-0.2, -0.15) is 0 Å². The fourth-order valence-corrected chi connectivity index (χ4v) is 2.30. The second kappa shape index (κ2) is 5.54. The number of methoxy groups -OCH3 is 1. The Hall–Kier alpha value is -1.33. The summed E-state index contributed by atoms with van der Waals surface area (Å²) in [5.41, 5.74) is 1.89. The molecule has 0 saturated carbocycles. The van der Waals surface area contributed by atoms with E-state index in [2.05, 4.69) is 20.9 Å². The summed E-state index contributed by atoms with van der Waals surface area (Å²) in [5.74, 6) is 1.68. The van der Waals surface area contributed by atoms with E-state index in [0.29, 0.717) is 6.42 Å². The molecule has 0 fully saturated rings. The van der Waals surface area contributed by atoms with Gasteiger partial charge in [0.25, 0.3) is 0 Å². The van der Waals surface area contributed by atoms with Crippen LogP contribution < -0.4 is 4.74 Å². The van der Waals surface area contributed by atoms with Gasteiger partial charge in [-0.1, -0.05) is 0 Å². The third-order valence-electron chi connectivity index (χ3n) is 2.82. The van der Waals surface area contributed by atoms with Crippen LogP contribution in [0.2, 0.25) is 0 Å². The third-order valence-corrected chi connectivity index (χ3v) is 3.72. The van der Waals surface area contributed by atoms with Crippen LogP contribution in [0.1, 0.15) is 5.82 Å². The molecule has 18 heavy (non-hydrogen) atoms. The molecule has 96 valence electrons. The van der Waals surface area contributed by atoms with Crippen LogP contribution >= 0.6 is 15.9 Å². The molecule has 5 heteroatoms. The van der Waals surface area contributed by atoms with Crippen LogP contribution in [-0.2, 0) is 13.5 Å². The monoisotopic (exact) mass is 310 g/mol. The van der Waals surface area contributed by atoms with Crippen molar-refractivity contribution in [2.24, 2.45) is 7.05 Å². The fourth-order valence-electron chi connectivity index (χ4n) is 1.78. The van der Waals surface area contributed by atoms with Crippen LogP contribution in [0.4, 0.5) is 0 Å². The summed E-state index contributed by atoms with van der Waals surface area (Å²) in [6.07, 6.45) is 0.547. The lowest BCUT2D eigenvalue weighted by Crippen LogP contribution is -2.00. The van der Waals surface area contributed by atoms with Crippen molar-refractivity contribution in [2.45, 2.75) is 6.42 Å². The van der Waals surface area contributed by atoms with Crippen LogP contribution in [0.25, 0.3) is 11.3 Å². The van der Waals surface area contributed by atoms with E-state index in [9.17, 15) is 0 Å². The minimum absolute atomic E-state index is 0.0966. The minimum Gasteiger partial charge on any atom is -0.497 e. The number of rotatable bonds is 4. The topological polar surface area (TPSA) is 47.3 Å². The second-order valence-corrected chi connectivity index (χ2v) is 4.68. The Balaban J connectivity index is 2.40. The molecule has 0 unspecified atom stereocenters. The second-order valence-electron chi connectivity index (χ2n) is 3.93. The standard InChI is InChI=1S/C13H15BrN2O2/c1-16-11(7-8-17)15-12(13(16)14)9-3-5-10(18-2)6-4-9/h3-6,17H,7-8H2,1-2H3. The number of ether oxygens (including phenoxy) is 1. The Morgan fingerprint density at radius 2 is 2.00 bits per heavy atom. The highest BCUT2D eigenvalue weighted by atomic mass is 79.9. The lowest BCUT2D eigenvalue weighted by atomic mass is 10.2. The molecule has 0 spiro atoms. The van der Waals surface area contributed by atoms with Crippen LogP contribution in [0.5, 0.6) is 5.75 Å². The highest BCUT2D eigenvalue weighted by molar-refractivity contribution is 9.10. The largest absolute Gasteiger partial charge is 0.497 e. The van der Waals surface area contributed by atoms with Crippen LogP contribution in [0.3, 0.4) is 0 Å². The van der Waals surface area contributed by atoms with Gasteiger partial charge in [0.15, 0.2) is 0 Å². The zero-order valence-electron chi connectivity index (χ0n) is 10.4. The van der Waals surface area contributed by atoms with Crippen LogP contribution in [-0.4, -0.2) is 28.4 Å². The van der Waals surface area contributed by atoms with E-state index in [1.807, 2.05) is 35.9 Å². The molecular formula is C13H15BrN2O2. The number of hydrogen-bond donors (Lipinski definition) is 1. The number of halogens is 1. The van der Waals surface area contributed by atoms with Gasteiger partial charge in [-0.15, -0.1) is 0 Å². The normalized spacial score (nSPS) is 10.7. The molecule has 0 saturated heterocycles. The molecule has 0 amide bonds. The lowest BCUT2D eigenvalue weighted by Gasteiger charge is -2.02. The predicted octanol–water partition coefficient (Wildman–Crippen LogP) is 2.39. The van der Waals surface area contributed by atoms with E-state index in [0.717, 1.165) is 27.4 Å². The number of imidazole rings is 1. The first kappa shape index (κ1) is 13.1. The molecule has 1 N–H and O–H groups in total. The Labute approximate surface area is 114 Å². The third kappa shape index (κ3) is 2.42. The van der Waals surface area contributed by atoms with E-state index in [4.69, 9.17) is 9.84 Å². The first-order valence-corrected chi connectivity index (χ1v) is 6.43. The van der Waals surface area contributed by atoms with Crippen molar-refractivity contribution in [3.05, 3.63) is 34.7 Å². The van der Waals surface area contributed by atoms with E-state index in [-0.39, 0.29) is 6.61 Å². The number of aromatic nitrogens is 2. The maximum absolute atomic E-state index is 9.00. The Bertz CT molecular complexity index is 535. The predicted molar refractivity (Wildman–Crippen MR) is 73.7 cm³/mol. The van der Waals surface area contributed by atoms with E-state index < -0.39 is 0 Å². The van der Waals surface area contributed by atoms with Gasteiger partial charge in [-0.3, -0.25) is 0 Å². The van der Waals surface area contributed by atoms with Crippen molar-refractivity contribution < 1.29 is 9.84 Å². The summed E-state index contributed by atoms with van der Waals surface area (Å²) >= 11 is 3.53. The average Bonchev–Trinajstić information content (AvgIpc) is 2.68. The average molecular weight is 311 g/mol. The summed E-state index contributed by atoms with van der Waals surface area (Å²) in [4.78, 5) is 4.54. The van der Waals surface area contributed by atoms with Crippen molar-refractivity contribution in [3.63, 3.8) is 0 Å². The van der Waals surface area contributed by atoms with Gasteiger partial charge in [0.2, 0.25) is 0 Å². The molecule has 1 aromatic carbocycles. The van der Waals surface area contributed by atoms with Gasteiger partial charge in [-0.05, 0) is 40.2 Å². The lowest BCUT2D eigenvalue weighted by molar-refractivity contribution is 0.295. The Morgan fingerprint density at radius 3 is 2.56 bits per heavy atom. The zero-order valence-corrected chi connectivity index (χ0v) is 11.9. The number of nitrogens with zero attached hydrogens (tertiary/aromatic N) is 2. The Morgan fingerprint density at radius 1 is 1.33 bits per heavy atom. The summed E-state index contributed by atoms with van der Waals surface area (Å²) in [7, 11) is 3.57. The van der Waals surface area contributed by atoms with Gasteiger partial charge >= 0.3 is 0 Å². The molecule has 0 aliphatic carbocycles. The first-order chi connectivity index (χ1) is 8.67. The number of hydrogen-bond acceptors (Lipinski definition) is 3. The molecule has 0 aliphatic heterocycles. The van der Waals surface area contributed by atoms with Crippen molar-refractivity contribution >= 4 is 15.9 Å². The zero-order chi connectivity index (χ0) is 13.1. The molecule has 4 nitrogen and oxygen atoms in total. The van der Waals surface area contributed by atoms with Gasteiger partial charge in [0.1, 0.15) is 21.9 Å². The maximum atomic E-state index is 9.00. The smallest absolute Gasteiger partial charge is 0.118 e. The molecule has 2 aromatic rings. The number of aliphatic hydroxyl groups is 1.